The summed E-state index contributed by atoms with van der Waals surface area (Å²) in [6.07, 6.45) is 1.46. The highest BCUT2D eigenvalue weighted by Gasteiger charge is 2.60. The van der Waals surface area contributed by atoms with Gasteiger partial charge in [-0.3, -0.25) is 0 Å². The van der Waals surface area contributed by atoms with Crippen molar-refractivity contribution in [1.29, 1.82) is 0 Å². The van der Waals surface area contributed by atoms with E-state index in [1.54, 1.807) is 0 Å². The molecule has 0 bridgehead atoms. The van der Waals surface area contributed by atoms with E-state index in [0.29, 0.717) is 6.42 Å². The SMILES string of the molecule is C=C1CC(F)(C(CC)C(C)(C)C)C1C(C)(C)C. The quantitative estimate of drug-likeness (QED) is 0.568. The molecule has 0 aromatic carbocycles. The standard InChI is InChI=1S/C16H29F/c1-9-12(14(3,4)5)16(17)10-11(2)13(16)15(6,7)8/h12-13H,2,9-10H2,1,3-8H3. The lowest BCUT2D eigenvalue weighted by atomic mass is 9.49. The summed E-state index contributed by atoms with van der Waals surface area (Å²) < 4.78 is 15.4. The van der Waals surface area contributed by atoms with Gasteiger partial charge in [0.25, 0.3) is 0 Å². The number of halogens is 1. The molecule has 1 heteroatoms. The molecule has 0 radical (unpaired) electrons. The Morgan fingerprint density at radius 3 is 2.00 bits per heavy atom. The number of rotatable bonds is 2. The maximum atomic E-state index is 15.4. The summed E-state index contributed by atoms with van der Waals surface area (Å²) in [5.74, 6) is 0.129. The van der Waals surface area contributed by atoms with Gasteiger partial charge in [0.1, 0.15) is 5.67 Å². The van der Waals surface area contributed by atoms with Crippen LogP contribution in [0.3, 0.4) is 0 Å². The maximum Gasteiger partial charge on any atom is 0.125 e. The second kappa shape index (κ2) is 4.10. The number of hydrogen-bond donors (Lipinski definition) is 0. The minimum absolute atomic E-state index is 0.0131. The second-order valence-electron chi connectivity index (χ2n) is 7.89. The molecular weight excluding hydrogens is 211 g/mol. The number of allylic oxidation sites excluding steroid dienone is 1. The summed E-state index contributed by atoms with van der Waals surface area (Å²) in [6, 6.07) is 0. The zero-order chi connectivity index (χ0) is 13.6. The van der Waals surface area contributed by atoms with E-state index in [1.807, 2.05) is 0 Å². The highest BCUT2D eigenvalue weighted by Crippen LogP contribution is 2.61. The molecule has 0 nitrogen and oxygen atoms in total. The van der Waals surface area contributed by atoms with Crippen LogP contribution in [0.15, 0.2) is 12.2 Å². The van der Waals surface area contributed by atoms with Gasteiger partial charge >= 0.3 is 0 Å². The molecule has 3 atom stereocenters. The molecule has 1 aliphatic carbocycles. The molecule has 100 valence electrons. The number of alkyl halides is 1. The lowest BCUT2D eigenvalue weighted by molar-refractivity contribution is -0.102. The van der Waals surface area contributed by atoms with E-state index in [4.69, 9.17) is 0 Å². The van der Waals surface area contributed by atoms with Crippen molar-refractivity contribution in [3.8, 4) is 0 Å². The third kappa shape index (κ3) is 2.44. The lowest BCUT2D eigenvalue weighted by Crippen LogP contribution is -2.58. The topological polar surface area (TPSA) is 0 Å². The van der Waals surface area contributed by atoms with E-state index in [0.717, 1.165) is 12.0 Å². The Bertz CT molecular complexity index is 302. The molecule has 1 aliphatic rings. The molecule has 0 heterocycles. The van der Waals surface area contributed by atoms with Crippen LogP contribution in [0.25, 0.3) is 0 Å². The monoisotopic (exact) mass is 240 g/mol. The highest BCUT2D eigenvalue weighted by molar-refractivity contribution is 5.28. The molecule has 1 saturated carbocycles. The van der Waals surface area contributed by atoms with E-state index in [2.05, 4.69) is 55.0 Å². The van der Waals surface area contributed by atoms with Crippen molar-refractivity contribution in [3.63, 3.8) is 0 Å². The van der Waals surface area contributed by atoms with Crippen molar-refractivity contribution in [1.82, 2.24) is 0 Å². The Kier molecular flexibility index (Phi) is 3.55. The Labute approximate surface area is 107 Å². The fourth-order valence-corrected chi connectivity index (χ4v) is 4.09. The van der Waals surface area contributed by atoms with Crippen molar-refractivity contribution in [2.45, 2.75) is 67.0 Å². The normalized spacial score (nSPS) is 32.2. The summed E-state index contributed by atoms with van der Waals surface area (Å²) >= 11 is 0. The molecule has 17 heavy (non-hydrogen) atoms. The Hall–Kier alpha value is -0.330. The molecule has 0 aromatic rings. The first-order valence-electron chi connectivity index (χ1n) is 6.81. The predicted molar refractivity (Wildman–Crippen MR) is 73.8 cm³/mol. The fourth-order valence-electron chi connectivity index (χ4n) is 4.09. The van der Waals surface area contributed by atoms with Gasteiger partial charge in [-0.25, -0.2) is 4.39 Å². The summed E-state index contributed by atoms with van der Waals surface area (Å²) in [6.45, 7) is 19.0. The van der Waals surface area contributed by atoms with Gasteiger partial charge in [-0.15, -0.1) is 0 Å². The van der Waals surface area contributed by atoms with Crippen molar-refractivity contribution in [3.05, 3.63) is 12.2 Å². The van der Waals surface area contributed by atoms with Crippen LogP contribution in [-0.2, 0) is 0 Å². The van der Waals surface area contributed by atoms with Gasteiger partial charge in [0, 0.05) is 12.3 Å². The average Bonchev–Trinajstić information content (AvgIpc) is 1.96. The van der Waals surface area contributed by atoms with E-state index >= 15 is 4.39 Å². The largest absolute Gasteiger partial charge is 0.243 e. The Morgan fingerprint density at radius 1 is 1.29 bits per heavy atom. The maximum absolute atomic E-state index is 15.4. The molecule has 0 aliphatic heterocycles. The van der Waals surface area contributed by atoms with E-state index in [-0.39, 0.29) is 22.7 Å². The predicted octanol–water partition coefficient (Wildman–Crippen LogP) is 5.39. The fraction of sp³-hybridized carbons (Fsp3) is 0.875. The van der Waals surface area contributed by atoms with Crippen LogP contribution >= 0.6 is 0 Å². The van der Waals surface area contributed by atoms with E-state index < -0.39 is 5.67 Å². The third-order valence-corrected chi connectivity index (χ3v) is 4.29. The van der Waals surface area contributed by atoms with Crippen molar-refractivity contribution >= 4 is 0 Å². The first-order chi connectivity index (χ1) is 7.44. The summed E-state index contributed by atoms with van der Waals surface area (Å²) in [4.78, 5) is 0. The van der Waals surface area contributed by atoms with Gasteiger partial charge in [0.05, 0.1) is 0 Å². The van der Waals surface area contributed by atoms with Crippen LogP contribution in [0.5, 0.6) is 0 Å². The van der Waals surface area contributed by atoms with Crippen molar-refractivity contribution in [2.75, 3.05) is 0 Å². The molecule has 1 rings (SSSR count). The molecule has 3 unspecified atom stereocenters. The van der Waals surface area contributed by atoms with Gasteiger partial charge in [0.15, 0.2) is 0 Å². The summed E-state index contributed by atoms with van der Waals surface area (Å²) in [5.41, 5.74) is 0.0430. The second-order valence-corrected chi connectivity index (χ2v) is 7.89. The van der Waals surface area contributed by atoms with Crippen LogP contribution in [0.4, 0.5) is 4.39 Å². The van der Waals surface area contributed by atoms with Crippen LogP contribution in [0.1, 0.15) is 61.3 Å². The van der Waals surface area contributed by atoms with E-state index in [1.165, 1.54) is 0 Å². The number of hydrogen-bond acceptors (Lipinski definition) is 0. The minimum Gasteiger partial charge on any atom is -0.243 e. The third-order valence-electron chi connectivity index (χ3n) is 4.29. The summed E-state index contributed by atoms with van der Waals surface area (Å²) in [5, 5.41) is 0. The van der Waals surface area contributed by atoms with Gasteiger partial charge in [-0.2, -0.15) is 0 Å². The average molecular weight is 240 g/mol. The Morgan fingerprint density at radius 2 is 1.76 bits per heavy atom. The lowest BCUT2D eigenvalue weighted by Gasteiger charge is -2.58. The van der Waals surface area contributed by atoms with E-state index in [9.17, 15) is 0 Å². The van der Waals surface area contributed by atoms with Gasteiger partial charge in [-0.05, 0) is 23.2 Å². The van der Waals surface area contributed by atoms with Crippen LogP contribution in [0, 0.1) is 22.7 Å². The zero-order valence-electron chi connectivity index (χ0n) is 12.7. The molecule has 0 spiro atoms. The van der Waals surface area contributed by atoms with Gasteiger partial charge in [-0.1, -0.05) is 60.6 Å². The van der Waals surface area contributed by atoms with Crippen LogP contribution in [-0.4, -0.2) is 5.67 Å². The van der Waals surface area contributed by atoms with Crippen molar-refractivity contribution in [2.24, 2.45) is 22.7 Å². The smallest absolute Gasteiger partial charge is 0.125 e. The molecule has 0 saturated heterocycles. The molecule has 1 fully saturated rings. The molecule has 0 aromatic heterocycles. The van der Waals surface area contributed by atoms with Crippen molar-refractivity contribution < 1.29 is 4.39 Å². The minimum atomic E-state index is -1.05. The highest BCUT2D eigenvalue weighted by atomic mass is 19.1. The molecule has 0 amide bonds. The summed E-state index contributed by atoms with van der Waals surface area (Å²) in [7, 11) is 0. The Balaban J connectivity index is 3.07. The van der Waals surface area contributed by atoms with Gasteiger partial charge in [0.2, 0.25) is 0 Å². The van der Waals surface area contributed by atoms with Gasteiger partial charge < -0.3 is 0 Å². The molecular formula is C16H29F. The first-order valence-corrected chi connectivity index (χ1v) is 6.81. The van der Waals surface area contributed by atoms with Crippen LogP contribution in [0.2, 0.25) is 0 Å². The zero-order valence-corrected chi connectivity index (χ0v) is 12.7. The van der Waals surface area contributed by atoms with Crippen LogP contribution < -0.4 is 0 Å². The first kappa shape index (κ1) is 14.7. The molecule has 0 N–H and O–H groups in total.